The number of nitrogens with two attached hydrogens (primary N) is 1. The zero-order chi connectivity index (χ0) is 14.8. The highest BCUT2D eigenvalue weighted by molar-refractivity contribution is 9.10. The van der Waals surface area contributed by atoms with Crippen LogP contribution in [0.5, 0.6) is 5.75 Å². The Kier molecular flexibility index (Phi) is 4.24. The number of ether oxygens (including phenoxy) is 1. The molecule has 0 amide bonds. The van der Waals surface area contributed by atoms with Crippen molar-refractivity contribution in [1.82, 2.24) is 5.43 Å². The molecule has 1 saturated carbocycles. The van der Waals surface area contributed by atoms with Gasteiger partial charge in [0.2, 0.25) is 0 Å². The SMILES string of the molecule is NNC(c1cccc(OC2CC2)c1)c1ccc(F)c(Br)c1. The predicted molar refractivity (Wildman–Crippen MR) is 83.4 cm³/mol. The van der Waals surface area contributed by atoms with Crippen LogP contribution >= 0.6 is 15.9 Å². The highest BCUT2D eigenvalue weighted by Gasteiger charge is 2.24. The monoisotopic (exact) mass is 350 g/mol. The second-order valence-electron chi connectivity index (χ2n) is 5.16. The van der Waals surface area contributed by atoms with Crippen LogP contribution in [0.1, 0.15) is 30.0 Å². The number of benzene rings is 2. The van der Waals surface area contributed by atoms with Crippen molar-refractivity contribution < 1.29 is 9.13 Å². The molecular weight excluding hydrogens is 335 g/mol. The van der Waals surface area contributed by atoms with Crippen LogP contribution in [0.4, 0.5) is 4.39 Å². The molecule has 5 heteroatoms. The van der Waals surface area contributed by atoms with Crippen molar-refractivity contribution in [1.29, 1.82) is 0 Å². The summed E-state index contributed by atoms with van der Waals surface area (Å²) < 4.78 is 19.6. The fraction of sp³-hybridized carbons (Fsp3) is 0.250. The normalized spacial score (nSPS) is 15.8. The van der Waals surface area contributed by atoms with Gasteiger partial charge in [0.05, 0.1) is 16.6 Å². The Balaban J connectivity index is 1.89. The molecule has 3 nitrogen and oxygen atoms in total. The fourth-order valence-electron chi connectivity index (χ4n) is 2.22. The number of hydrazine groups is 1. The summed E-state index contributed by atoms with van der Waals surface area (Å²) in [6.07, 6.45) is 2.59. The summed E-state index contributed by atoms with van der Waals surface area (Å²) in [4.78, 5) is 0. The van der Waals surface area contributed by atoms with Gasteiger partial charge in [-0.1, -0.05) is 18.2 Å². The van der Waals surface area contributed by atoms with Crippen molar-refractivity contribution in [2.75, 3.05) is 0 Å². The Morgan fingerprint density at radius 3 is 2.62 bits per heavy atom. The zero-order valence-corrected chi connectivity index (χ0v) is 12.9. The summed E-state index contributed by atoms with van der Waals surface area (Å²) in [6.45, 7) is 0. The maximum Gasteiger partial charge on any atom is 0.137 e. The van der Waals surface area contributed by atoms with Crippen LogP contribution < -0.4 is 16.0 Å². The van der Waals surface area contributed by atoms with E-state index in [9.17, 15) is 4.39 Å². The Bertz CT molecular complexity index is 646. The lowest BCUT2D eigenvalue weighted by Gasteiger charge is -2.18. The molecule has 0 saturated heterocycles. The van der Waals surface area contributed by atoms with Crippen LogP contribution in [0.2, 0.25) is 0 Å². The minimum Gasteiger partial charge on any atom is -0.490 e. The zero-order valence-electron chi connectivity index (χ0n) is 11.4. The molecule has 0 aromatic heterocycles. The molecule has 1 aliphatic carbocycles. The van der Waals surface area contributed by atoms with E-state index < -0.39 is 0 Å². The van der Waals surface area contributed by atoms with Crippen LogP contribution in [-0.2, 0) is 0 Å². The third-order valence-electron chi connectivity index (χ3n) is 3.46. The standard InChI is InChI=1S/C16H16BrFN2O/c17-14-9-11(4-7-15(14)18)16(20-19)10-2-1-3-13(8-10)21-12-5-6-12/h1-4,7-9,12,16,20H,5-6,19H2. The first-order valence-electron chi connectivity index (χ1n) is 6.85. The summed E-state index contributed by atoms with van der Waals surface area (Å²) in [5.74, 6) is 6.24. The topological polar surface area (TPSA) is 47.3 Å². The van der Waals surface area contributed by atoms with E-state index >= 15 is 0 Å². The molecule has 0 aliphatic heterocycles. The van der Waals surface area contributed by atoms with Gasteiger partial charge in [0.15, 0.2) is 0 Å². The minimum absolute atomic E-state index is 0.218. The van der Waals surface area contributed by atoms with E-state index in [1.54, 1.807) is 12.1 Å². The Morgan fingerprint density at radius 2 is 1.95 bits per heavy atom. The van der Waals surface area contributed by atoms with E-state index in [-0.39, 0.29) is 11.9 Å². The van der Waals surface area contributed by atoms with E-state index in [1.165, 1.54) is 6.07 Å². The largest absolute Gasteiger partial charge is 0.490 e. The molecule has 1 aliphatic rings. The van der Waals surface area contributed by atoms with Gasteiger partial charge < -0.3 is 4.74 Å². The first-order valence-corrected chi connectivity index (χ1v) is 7.64. The maximum absolute atomic E-state index is 13.4. The molecule has 1 fully saturated rings. The summed E-state index contributed by atoms with van der Waals surface area (Å²) >= 11 is 3.20. The number of halogens is 2. The Labute approximate surface area is 131 Å². The first-order chi connectivity index (χ1) is 10.2. The van der Waals surface area contributed by atoms with E-state index in [2.05, 4.69) is 21.4 Å². The van der Waals surface area contributed by atoms with Crippen LogP contribution in [0.3, 0.4) is 0 Å². The molecule has 2 aromatic carbocycles. The van der Waals surface area contributed by atoms with Crippen LogP contribution in [-0.4, -0.2) is 6.10 Å². The average Bonchev–Trinajstić information content (AvgIpc) is 3.28. The van der Waals surface area contributed by atoms with Gasteiger partial charge in [0, 0.05) is 0 Å². The van der Waals surface area contributed by atoms with Gasteiger partial charge in [-0.3, -0.25) is 5.84 Å². The third-order valence-corrected chi connectivity index (χ3v) is 4.07. The van der Waals surface area contributed by atoms with Gasteiger partial charge in [-0.15, -0.1) is 0 Å². The highest BCUT2D eigenvalue weighted by Crippen LogP contribution is 2.30. The number of rotatable bonds is 5. The molecule has 3 rings (SSSR count). The molecule has 3 N–H and O–H groups in total. The molecule has 0 bridgehead atoms. The Morgan fingerprint density at radius 1 is 1.19 bits per heavy atom. The number of hydrogen-bond donors (Lipinski definition) is 2. The lowest BCUT2D eigenvalue weighted by Crippen LogP contribution is -2.28. The Hall–Kier alpha value is -1.43. The van der Waals surface area contributed by atoms with Gasteiger partial charge >= 0.3 is 0 Å². The van der Waals surface area contributed by atoms with Gasteiger partial charge in [-0.05, 0) is 64.2 Å². The molecule has 1 unspecified atom stereocenters. The van der Waals surface area contributed by atoms with Gasteiger partial charge in [-0.2, -0.15) is 0 Å². The second kappa shape index (κ2) is 6.13. The third kappa shape index (κ3) is 3.43. The van der Waals surface area contributed by atoms with Gasteiger partial charge in [0.1, 0.15) is 11.6 Å². The molecule has 110 valence electrons. The van der Waals surface area contributed by atoms with Crippen molar-refractivity contribution in [3.8, 4) is 5.75 Å². The molecule has 0 radical (unpaired) electrons. The molecule has 0 heterocycles. The van der Waals surface area contributed by atoms with Crippen molar-refractivity contribution in [2.24, 2.45) is 5.84 Å². The summed E-state index contributed by atoms with van der Waals surface area (Å²) in [6, 6.07) is 12.5. The fourth-order valence-corrected chi connectivity index (χ4v) is 2.62. The lowest BCUT2D eigenvalue weighted by molar-refractivity contribution is 0.302. The van der Waals surface area contributed by atoms with E-state index in [0.717, 1.165) is 29.7 Å². The summed E-state index contributed by atoms with van der Waals surface area (Å²) in [5.41, 5.74) is 4.64. The van der Waals surface area contributed by atoms with Crippen molar-refractivity contribution in [3.63, 3.8) is 0 Å². The van der Waals surface area contributed by atoms with Gasteiger partial charge in [-0.25, -0.2) is 9.82 Å². The average molecular weight is 351 g/mol. The van der Waals surface area contributed by atoms with Crippen molar-refractivity contribution in [2.45, 2.75) is 25.0 Å². The first kappa shape index (κ1) is 14.5. The predicted octanol–water partition coefficient (Wildman–Crippen LogP) is 3.68. The lowest BCUT2D eigenvalue weighted by atomic mass is 9.99. The van der Waals surface area contributed by atoms with Crippen molar-refractivity contribution in [3.05, 3.63) is 63.9 Å². The molecular formula is C16H16BrFN2O. The van der Waals surface area contributed by atoms with Crippen LogP contribution in [0.25, 0.3) is 0 Å². The quantitative estimate of drug-likeness (QED) is 0.638. The van der Waals surface area contributed by atoms with E-state index in [1.807, 2.05) is 24.3 Å². The highest BCUT2D eigenvalue weighted by atomic mass is 79.9. The number of hydrogen-bond acceptors (Lipinski definition) is 3. The number of nitrogens with one attached hydrogen (secondary N) is 1. The smallest absolute Gasteiger partial charge is 0.137 e. The molecule has 1 atom stereocenters. The second-order valence-corrected chi connectivity index (χ2v) is 6.02. The van der Waals surface area contributed by atoms with E-state index in [0.29, 0.717) is 10.6 Å². The summed E-state index contributed by atoms with van der Waals surface area (Å²) in [5, 5.41) is 0. The van der Waals surface area contributed by atoms with E-state index in [4.69, 9.17) is 10.6 Å². The molecule has 0 spiro atoms. The van der Waals surface area contributed by atoms with Gasteiger partial charge in [0.25, 0.3) is 0 Å². The van der Waals surface area contributed by atoms with Crippen molar-refractivity contribution >= 4 is 15.9 Å². The molecule has 21 heavy (non-hydrogen) atoms. The maximum atomic E-state index is 13.4. The summed E-state index contributed by atoms with van der Waals surface area (Å²) in [7, 11) is 0. The minimum atomic E-state index is -0.291. The molecule has 2 aromatic rings. The van der Waals surface area contributed by atoms with Crippen LogP contribution in [0.15, 0.2) is 46.9 Å². The van der Waals surface area contributed by atoms with Crippen LogP contribution in [0, 0.1) is 5.82 Å².